The molecule has 2 aliphatic rings. The molecule has 1 aliphatic heterocycles. The number of hydrogen-bond donors (Lipinski definition) is 0. The van der Waals surface area contributed by atoms with Crippen LogP contribution in [-0.2, 0) is 16.1 Å². The van der Waals surface area contributed by atoms with Crippen molar-refractivity contribution in [2.45, 2.75) is 44.2 Å². The smallest absolute Gasteiger partial charge is 0.249 e. The third kappa shape index (κ3) is 3.33. The fraction of sp³-hybridized carbons (Fsp3) is 0.500. The monoisotopic (exact) mass is 327 g/mol. The molecule has 1 atom stereocenters. The van der Waals surface area contributed by atoms with Crippen LogP contribution in [0.2, 0.25) is 0 Å². The highest BCUT2D eigenvalue weighted by atomic mass is 16.5. The zero-order chi connectivity index (χ0) is 16.4. The standard InChI is InChI=1S/C18H21N3O3/c22-16(12-23-11-13-5-2-1-3-6-13)21-10-4-7-15(21)17-19-18(24-20-17)14-8-9-14/h1-3,5-6,14-15H,4,7-12H2/t15-/m0/s1. The van der Waals surface area contributed by atoms with Gasteiger partial charge in [0.1, 0.15) is 6.61 Å². The van der Waals surface area contributed by atoms with Crippen LogP contribution in [-0.4, -0.2) is 34.1 Å². The molecule has 1 amide bonds. The molecule has 126 valence electrons. The van der Waals surface area contributed by atoms with Gasteiger partial charge in [-0.05, 0) is 31.2 Å². The zero-order valence-electron chi connectivity index (χ0n) is 13.6. The van der Waals surface area contributed by atoms with E-state index in [2.05, 4.69) is 10.1 Å². The highest BCUT2D eigenvalue weighted by Crippen LogP contribution is 2.40. The van der Waals surface area contributed by atoms with Crippen LogP contribution in [0.25, 0.3) is 0 Å². The van der Waals surface area contributed by atoms with E-state index in [9.17, 15) is 4.79 Å². The lowest BCUT2D eigenvalue weighted by molar-refractivity contribution is -0.137. The van der Waals surface area contributed by atoms with E-state index in [4.69, 9.17) is 9.26 Å². The van der Waals surface area contributed by atoms with Crippen LogP contribution in [0, 0.1) is 0 Å². The zero-order valence-corrected chi connectivity index (χ0v) is 13.6. The molecule has 1 saturated heterocycles. The minimum atomic E-state index is -0.0749. The third-order valence-electron chi connectivity index (χ3n) is 4.59. The first-order chi connectivity index (χ1) is 11.8. The molecule has 1 aromatic carbocycles. The van der Waals surface area contributed by atoms with Crippen LogP contribution in [0.15, 0.2) is 34.9 Å². The van der Waals surface area contributed by atoms with Gasteiger partial charge in [-0.15, -0.1) is 0 Å². The molecule has 1 aromatic heterocycles. The number of carbonyl (C=O) groups excluding carboxylic acids is 1. The van der Waals surface area contributed by atoms with E-state index in [1.165, 1.54) is 0 Å². The second-order valence-corrected chi connectivity index (χ2v) is 6.49. The number of nitrogens with zero attached hydrogens (tertiary/aromatic N) is 3. The Labute approximate surface area is 140 Å². The van der Waals surface area contributed by atoms with Crippen LogP contribution >= 0.6 is 0 Å². The molecule has 0 radical (unpaired) electrons. The second kappa shape index (κ2) is 6.73. The summed E-state index contributed by atoms with van der Waals surface area (Å²) in [5.41, 5.74) is 1.07. The normalized spacial score (nSPS) is 20.5. The van der Waals surface area contributed by atoms with Crippen LogP contribution in [0.1, 0.15) is 54.9 Å². The Morgan fingerprint density at radius 3 is 2.88 bits per heavy atom. The minimum absolute atomic E-state index is 0.00815. The van der Waals surface area contributed by atoms with Crippen LogP contribution in [0.3, 0.4) is 0 Å². The first kappa shape index (κ1) is 15.3. The van der Waals surface area contributed by atoms with Crippen molar-refractivity contribution >= 4 is 5.91 Å². The van der Waals surface area contributed by atoms with Crippen molar-refractivity contribution in [3.63, 3.8) is 0 Å². The van der Waals surface area contributed by atoms with Crippen molar-refractivity contribution in [1.82, 2.24) is 15.0 Å². The molecule has 6 heteroatoms. The summed E-state index contributed by atoms with van der Waals surface area (Å²) < 4.78 is 10.9. The number of aromatic nitrogens is 2. The number of ether oxygens (including phenoxy) is 1. The molecule has 0 spiro atoms. The second-order valence-electron chi connectivity index (χ2n) is 6.49. The first-order valence-electron chi connectivity index (χ1n) is 8.56. The van der Waals surface area contributed by atoms with Crippen molar-refractivity contribution in [1.29, 1.82) is 0 Å². The van der Waals surface area contributed by atoms with Gasteiger partial charge in [-0.2, -0.15) is 4.98 Å². The summed E-state index contributed by atoms with van der Waals surface area (Å²) in [6.45, 7) is 1.25. The van der Waals surface area contributed by atoms with Gasteiger partial charge < -0.3 is 14.2 Å². The van der Waals surface area contributed by atoms with Gasteiger partial charge >= 0.3 is 0 Å². The maximum absolute atomic E-state index is 12.5. The van der Waals surface area contributed by atoms with Gasteiger partial charge in [-0.3, -0.25) is 4.79 Å². The van der Waals surface area contributed by atoms with E-state index in [-0.39, 0.29) is 18.6 Å². The first-order valence-corrected chi connectivity index (χ1v) is 8.56. The quantitative estimate of drug-likeness (QED) is 0.816. The topological polar surface area (TPSA) is 68.5 Å². The van der Waals surface area contributed by atoms with Gasteiger partial charge in [0.25, 0.3) is 0 Å². The molecule has 2 aromatic rings. The predicted molar refractivity (Wildman–Crippen MR) is 86.1 cm³/mol. The summed E-state index contributed by atoms with van der Waals surface area (Å²) in [5, 5.41) is 4.10. The molecule has 0 unspecified atom stereocenters. The average molecular weight is 327 g/mol. The van der Waals surface area contributed by atoms with Crippen molar-refractivity contribution in [2.75, 3.05) is 13.2 Å². The molecule has 2 fully saturated rings. The van der Waals surface area contributed by atoms with E-state index in [1.54, 1.807) is 0 Å². The van der Waals surface area contributed by atoms with Gasteiger partial charge in [-0.25, -0.2) is 0 Å². The third-order valence-corrected chi connectivity index (χ3v) is 4.59. The molecule has 1 aliphatic carbocycles. The van der Waals surface area contributed by atoms with E-state index in [1.807, 2.05) is 35.2 Å². The molecule has 2 heterocycles. The highest BCUT2D eigenvalue weighted by Gasteiger charge is 2.35. The van der Waals surface area contributed by atoms with E-state index in [0.29, 0.717) is 18.3 Å². The molecule has 0 bridgehead atoms. The summed E-state index contributed by atoms with van der Waals surface area (Å²) in [6.07, 6.45) is 4.10. The Hall–Kier alpha value is -2.21. The molecular formula is C18H21N3O3. The molecule has 0 N–H and O–H groups in total. The fourth-order valence-electron chi connectivity index (χ4n) is 3.13. The van der Waals surface area contributed by atoms with E-state index < -0.39 is 0 Å². The number of amides is 1. The molecule has 1 saturated carbocycles. The largest absolute Gasteiger partial charge is 0.367 e. The summed E-state index contributed by atoms with van der Waals surface area (Å²) in [4.78, 5) is 18.8. The Kier molecular flexibility index (Phi) is 4.30. The summed E-state index contributed by atoms with van der Waals surface area (Å²) in [5.74, 6) is 1.80. The van der Waals surface area contributed by atoms with E-state index >= 15 is 0 Å². The van der Waals surface area contributed by atoms with Crippen LogP contribution in [0.4, 0.5) is 0 Å². The Morgan fingerprint density at radius 2 is 2.08 bits per heavy atom. The minimum Gasteiger partial charge on any atom is -0.367 e. The number of hydrogen-bond acceptors (Lipinski definition) is 5. The number of benzene rings is 1. The van der Waals surface area contributed by atoms with Crippen molar-refractivity contribution < 1.29 is 14.1 Å². The van der Waals surface area contributed by atoms with Gasteiger partial charge in [0.15, 0.2) is 5.82 Å². The predicted octanol–water partition coefficient (Wildman–Crippen LogP) is 2.83. The maximum Gasteiger partial charge on any atom is 0.249 e. The number of carbonyl (C=O) groups is 1. The van der Waals surface area contributed by atoms with Gasteiger partial charge in [0, 0.05) is 12.5 Å². The highest BCUT2D eigenvalue weighted by molar-refractivity contribution is 5.78. The van der Waals surface area contributed by atoms with Crippen molar-refractivity contribution in [3.05, 3.63) is 47.6 Å². The molecule has 6 nitrogen and oxygen atoms in total. The lowest BCUT2D eigenvalue weighted by Crippen LogP contribution is -2.34. The van der Waals surface area contributed by atoms with Crippen LogP contribution in [0.5, 0.6) is 0 Å². The van der Waals surface area contributed by atoms with Gasteiger partial charge in [-0.1, -0.05) is 35.5 Å². The molecule has 24 heavy (non-hydrogen) atoms. The SMILES string of the molecule is O=C(COCc1ccccc1)N1CCC[C@H]1c1noc(C2CC2)n1. The van der Waals surface area contributed by atoms with Gasteiger partial charge in [0.05, 0.1) is 12.6 Å². The van der Waals surface area contributed by atoms with Crippen LogP contribution < -0.4 is 0 Å². The lowest BCUT2D eigenvalue weighted by Gasteiger charge is -2.22. The summed E-state index contributed by atoms with van der Waals surface area (Å²) >= 11 is 0. The summed E-state index contributed by atoms with van der Waals surface area (Å²) in [7, 11) is 0. The van der Waals surface area contributed by atoms with Crippen molar-refractivity contribution in [2.24, 2.45) is 0 Å². The Morgan fingerprint density at radius 1 is 1.25 bits per heavy atom. The average Bonchev–Trinajstić information content (AvgIpc) is 3.14. The number of likely N-dealkylation sites (tertiary alicyclic amines) is 1. The van der Waals surface area contributed by atoms with Gasteiger partial charge in [0.2, 0.25) is 11.8 Å². The maximum atomic E-state index is 12.5. The number of rotatable bonds is 6. The molecular weight excluding hydrogens is 306 g/mol. The molecule has 4 rings (SSSR count). The Balaban J connectivity index is 1.34. The summed E-state index contributed by atoms with van der Waals surface area (Å²) in [6, 6.07) is 9.79. The lowest BCUT2D eigenvalue weighted by atomic mass is 10.2. The fourth-order valence-corrected chi connectivity index (χ4v) is 3.13. The van der Waals surface area contributed by atoms with E-state index in [0.717, 1.165) is 43.7 Å². The van der Waals surface area contributed by atoms with Crippen molar-refractivity contribution in [3.8, 4) is 0 Å². The Bertz CT molecular complexity index is 697.